The molecule has 0 aromatic rings. The second kappa shape index (κ2) is 39.8. The predicted octanol–water partition coefficient (Wildman–Crippen LogP) is 13.3. The van der Waals surface area contributed by atoms with Crippen molar-refractivity contribution in [3.8, 4) is 0 Å². The maximum atomic E-state index is 12.5. The van der Waals surface area contributed by atoms with Gasteiger partial charge >= 0.3 is 11.9 Å². The average Bonchev–Trinajstić information content (AvgIpc) is 3.08. The molecule has 0 spiro atoms. The van der Waals surface area contributed by atoms with Gasteiger partial charge in [-0.3, -0.25) is 9.59 Å². The van der Waals surface area contributed by atoms with Crippen molar-refractivity contribution in [3.63, 3.8) is 0 Å². The van der Waals surface area contributed by atoms with Crippen molar-refractivity contribution in [1.82, 2.24) is 0 Å². The Labute approximate surface area is 298 Å². The smallest absolute Gasteiger partial charge is 0.306 e. The first-order valence-electron chi connectivity index (χ1n) is 20.9. The Hall–Kier alpha value is -1.62. The number of allylic oxidation sites excluding steroid dienone is 4. The van der Waals surface area contributed by atoms with E-state index in [2.05, 4.69) is 45.1 Å². The minimum absolute atomic E-state index is 0.0871. The van der Waals surface area contributed by atoms with E-state index in [-0.39, 0.29) is 25.2 Å². The van der Waals surface area contributed by atoms with Gasteiger partial charge in [0.1, 0.15) is 6.61 Å². The molecule has 5 nitrogen and oxygen atoms in total. The fourth-order valence-electron chi connectivity index (χ4n) is 5.83. The molecule has 0 aliphatic rings. The van der Waals surface area contributed by atoms with E-state index >= 15 is 0 Å². The van der Waals surface area contributed by atoms with Crippen molar-refractivity contribution in [2.45, 2.75) is 219 Å². The van der Waals surface area contributed by atoms with Crippen molar-refractivity contribution >= 4 is 11.9 Å². The molecular weight excluding hydrogens is 596 g/mol. The molecule has 0 aromatic heterocycles. The molecule has 0 rings (SSSR count). The maximum Gasteiger partial charge on any atom is 0.306 e. The molecule has 0 aliphatic carbocycles. The first kappa shape index (κ1) is 46.4. The summed E-state index contributed by atoms with van der Waals surface area (Å²) in [5, 5.41) is 0. The largest absolute Gasteiger partial charge is 0.462 e. The van der Waals surface area contributed by atoms with Crippen LogP contribution in [-0.2, 0) is 23.8 Å². The van der Waals surface area contributed by atoms with Gasteiger partial charge < -0.3 is 14.2 Å². The standard InChI is InChI=1S/C43H80O5/c1-4-7-10-13-15-17-18-19-20-21-22-23-24-25-27-29-32-35-38-46-39-41(48-43(45)37-34-30-12-9-6-3)40-47-42(44)36-33-31-28-26-16-14-11-8-5-2/h15,17,19-20,41H,4-14,16,18,21-40H2,1-3H3/b17-15-,20-19-. The molecule has 282 valence electrons. The number of carbonyl (C=O) groups excluding carboxylic acids is 2. The maximum absolute atomic E-state index is 12.5. The topological polar surface area (TPSA) is 61.8 Å². The van der Waals surface area contributed by atoms with Crippen LogP contribution in [-0.4, -0.2) is 37.9 Å². The zero-order valence-corrected chi connectivity index (χ0v) is 32.3. The fraction of sp³-hybridized carbons (Fsp3) is 0.860. The summed E-state index contributed by atoms with van der Waals surface area (Å²) in [5.41, 5.74) is 0. The number of ether oxygens (including phenoxy) is 3. The molecular formula is C43H80O5. The highest BCUT2D eigenvalue weighted by Crippen LogP contribution is 2.13. The molecule has 0 aliphatic heterocycles. The van der Waals surface area contributed by atoms with Gasteiger partial charge in [-0.05, 0) is 51.4 Å². The molecule has 0 radical (unpaired) electrons. The van der Waals surface area contributed by atoms with Crippen LogP contribution in [0.5, 0.6) is 0 Å². The summed E-state index contributed by atoms with van der Waals surface area (Å²) >= 11 is 0. The number of hydrogen-bond donors (Lipinski definition) is 0. The molecule has 0 bridgehead atoms. The molecule has 0 aromatic carbocycles. The average molecular weight is 677 g/mol. The summed E-state index contributed by atoms with van der Waals surface area (Å²) in [6.45, 7) is 7.71. The fourth-order valence-corrected chi connectivity index (χ4v) is 5.83. The molecule has 0 amide bonds. The van der Waals surface area contributed by atoms with Crippen LogP contribution < -0.4 is 0 Å². The first-order valence-corrected chi connectivity index (χ1v) is 20.9. The summed E-state index contributed by atoms with van der Waals surface area (Å²) in [5.74, 6) is -0.410. The van der Waals surface area contributed by atoms with Crippen molar-refractivity contribution in [2.75, 3.05) is 19.8 Å². The highest BCUT2D eigenvalue weighted by atomic mass is 16.6. The van der Waals surface area contributed by atoms with E-state index in [4.69, 9.17) is 14.2 Å². The van der Waals surface area contributed by atoms with E-state index in [1.165, 1.54) is 128 Å². The normalized spacial score (nSPS) is 12.3. The predicted molar refractivity (Wildman–Crippen MR) is 205 cm³/mol. The van der Waals surface area contributed by atoms with E-state index < -0.39 is 6.10 Å². The zero-order chi connectivity index (χ0) is 35.0. The van der Waals surface area contributed by atoms with Crippen LogP contribution in [0.3, 0.4) is 0 Å². The molecule has 1 unspecified atom stereocenters. The lowest BCUT2D eigenvalue weighted by atomic mass is 10.1. The number of carbonyl (C=O) groups is 2. The van der Waals surface area contributed by atoms with Crippen LogP contribution in [0.2, 0.25) is 0 Å². The summed E-state index contributed by atoms with van der Waals surface area (Å²) in [7, 11) is 0. The van der Waals surface area contributed by atoms with Gasteiger partial charge in [0.2, 0.25) is 0 Å². The molecule has 0 saturated heterocycles. The highest BCUT2D eigenvalue weighted by molar-refractivity contribution is 5.70. The second-order valence-corrected chi connectivity index (χ2v) is 13.9. The molecule has 1 atom stereocenters. The van der Waals surface area contributed by atoms with Crippen LogP contribution in [0.4, 0.5) is 0 Å². The van der Waals surface area contributed by atoms with Gasteiger partial charge in [-0.2, -0.15) is 0 Å². The third-order valence-corrected chi connectivity index (χ3v) is 8.99. The minimum Gasteiger partial charge on any atom is -0.462 e. The van der Waals surface area contributed by atoms with Gasteiger partial charge in [-0.15, -0.1) is 0 Å². The molecule has 0 N–H and O–H groups in total. The Morgan fingerprint density at radius 3 is 1.42 bits per heavy atom. The van der Waals surface area contributed by atoms with Crippen molar-refractivity contribution in [1.29, 1.82) is 0 Å². The van der Waals surface area contributed by atoms with Gasteiger partial charge in [0.15, 0.2) is 6.10 Å². The second-order valence-electron chi connectivity index (χ2n) is 13.9. The summed E-state index contributed by atoms with van der Waals surface area (Å²) in [6.07, 6.45) is 43.4. The lowest BCUT2D eigenvalue weighted by Crippen LogP contribution is -2.30. The Kier molecular flexibility index (Phi) is 38.5. The van der Waals surface area contributed by atoms with E-state index in [0.717, 1.165) is 51.4 Å². The molecule has 0 heterocycles. The Bertz CT molecular complexity index is 731. The third-order valence-electron chi connectivity index (χ3n) is 8.99. The van der Waals surface area contributed by atoms with Gasteiger partial charge in [0.05, 0.1) is 6.61 Å². The van der Waals surface area contributed by atoms with Crippen molar-refractivity contribution < 1.29 is 23.8 Å². The zero-order valence-electron chi connectivity index (χ0n) is 32.3. The lowest BCUT2D eigenvalue weighted by molar-refractivity contribution is -0.163. The van der Waals surface area contributed by atoms with Crippen LogP contribution in [0.25, 0.3) is 0 Å². The van der Waals surface area contributed by atoms with Gasteiger partial charge in [0.25, 0.3) is 0 Å². The molecule has 0 fully saturated rings. The molecule has 48 heavy (non-hydrogen) atoms. The summed E-state index contributed by atoms with van der Waals surface area (Å²) in [6, 6.07) is 0. The summed E-state index contributed by atoms with van der Waals surface area (Å²) < 4.78 is 17.1. The number of unbranched alkanes of at least 4 members (excludes halogenated alkanes) is 23. The van der Waals surface area contributed by atoms with E-state index in [1.54, 1.807) is 0 Å². The van der Waals surface area contributed by atoms with Gasteiger partial charge in [-0.25, -0.2) is 0 Å². The SMILES string of the molecule is CCCCC/C=C\C/C=C\CCCCCCCCCCOCC(COC(=O)CCCCCCCCCCC)OC(=O)CCCCCCC. The van der Waals surface area contributed by atoms with Crippen LogP contribution >= 0.6 is 0 Å². The Morgan fingerprint density at radius 2 is 0.875 bits per heavy atom. The van der Waals surface area contributed by atoms with E-state index in [1.807, 2.05) is 0 Å². The van der Waals surface area contributed by atoms with E-state index in [0.29, 0.717) is 19.4 Å². The summed E-state index contributed by atoms with van der Waals surface area (Å²) in [4.78, 5) is 24.8. The Morgan fingerprint density at radius 1 is 0.458 bits per heavy atom. The van der Waals surface area contributed by atoms with Crippen LogP contribution in [0.1, 0.15) is 213 Å². The van der Waals surface area contributed by atoms with Crippen molar-refractivity contribution in [2.24, 2.45) is 0 Å². The molecule has 0 saturated carbocycles. The van der Waals surface area contributed by atoms with Crippen LogP contribution in [0.15, 0.2) is 24.3 Å². The Balaban J connectivity index is 4.03. The first-order chi connectivity index (χ1) is 23.6. The lowest BCUT2D eigenvalue weighted by Gasteiger charge is -2.18. The number of hydrogen-bond acceptors (Lipinski definition) is 5. The number of rotatable bonds is 38. The van der Waals surface area contributed by atoms with Gasteiger partial charge in [-0.1, -0.05) is 173 Å². The van der Waals surface area contributed by atoms with Gasteiger partial charge in [0, 0.05) is 19.4 Å². The van der Waals surface area contributed by atoms with Crippen LogP contribution in [0, 0.1) is 0 Å². The monoisotopic (exact) mass is 677 g/mol. The van der Waals surface area contributed by atoms with E-state index in [9.17, 15) is 9.59 Å². The third kappa shape index (κ3) is 37.2. The highest BCUT2D eigenvalue weighted by Gasteiger charge is 2.17. The quantitative estimate of drug-likeness (QED) is 0.0370. The minimum atomic E-state index is -0.526. The molecule has 5 heteroatoms. The van der Waals surface area contributed by atoms with Crippen molar-refractivity contribution in [3.05, 3.63) is 24.3 Å². The number of esters is 2.